The molecule has 0 radical (unpaired) electrons. The van der Waals surface area contributed by atoms with Crippen LogP contribution < -0.4 is 5.32 Å². The van der Waals surface area contributed by atoms with Crippen molar-refractivity contribution in [2.24, 2.45) is 0 Å². The number of thioether (sulfide) groups is 1. The number of benzene rings is 1. The van der Waals surface area contributed by atoms with Crippen LogP contribution in [0.1, 0.15) is 38.2 Å². The Morgan fingerprint density at radius 2 is 2.21 bits per heavy atom. The zero-order valence-electron chi connectivity index (χ0n) is 11.1. The average Bonchev–Trinajstić information content (AvgIpc) is 2.91. The molecule has 1 unspecified atom stereocenters. The van der Waals surface area contributed by atoms with Crippen molar-refractivity contribution in [3.05, 3.63) is 29.8 Å². The van der Waals surface area contributed by atoms with Crippen molar-refractivity contribution in [1.29, 1.82) is 5.26 Å². The van der Waals surface area contributed by atoms with Gasteiger partial charge < -0.3 is 5.32 Å². The molecule has 1 aliphatic carbocycles. The third-order valence-electron chi connectivity index (χ3n) is 3.33. The van der Waals surface area contributed by atoms with Gasteiger partial charge in [0.25, 0.3) is 0 Å². The number of anilines is 1. The third kappa shape index (κ3) is 4.00. The molecule has 0 spiro atoms. The number of carbonyl (C=O) groups excluding carboxylic acids is 1. The van der Waals surface area contributed by atoms with Gasteiger partial charge in [0, 0.05) is 10.9 Å². The molecule has 1 N–H and O–H groups in total. The van der Waals surface area contributed by atoms with Crippen molar-refractivity contribution < 1.29 is 4.79 Å². The maximum atomic E-state index is 12.1. The van der Waals surface area contributed by atoms with Crippen LogP contribution in [0.3, 0.4) is 0 Å². The minimum atomic E-state index is -0.0474. The number of hydrogen-bond acceptors (Lipinski definition) is 3. The molecule has 2 rings (SSSR count). The second kappa shape index (κ2) is 6.63. The van der Waals surface area contributed by atoms with E-state index in [4.69, 9.17) is 5.26 Å². The van der Waals surface area contributed by atoms with Gasteiger partial charge >= 0.3 is 0 Å². The molecule has 1 aromatic rings. The Morgan fingerprint density at radius 1 is 1.47 bits per heavy atom. The minimum absolute atomic E-state index is 0.0204. The summed E-state index contributed by atoms with van der Waals surface area (Å²) in [6, 6.07) is 9.09. The van der Waals surface area contributed by atoms with Gasteiger partial charge in [-0.25, -0.2) is 0 Å². The fraction of sp³-hybridized carbons (Fsp3) is 0.467. The van der Waals surface area contributed by atoms with E-state index in [0.29, 0.717) is 16.5 Å². The van der Waals surface area contributed by atoms with Crippen molar-refractivity contribution in [3.63, 3.8) is 0 Å². The Balaban J connectivity index is 1.90. The first-order chi connectivity index (χ1) is 9.19. The molecule has 0 aromatic heterocycles. The molecule has 100 valence electrons. The van der Waals surface area contributed by atoms with Crippen molar-refractivity contribution in [1.82, 2.24) is 0 Å². The van der Waals surface area contributed by atoms with Crippen LogP contribution in [0.2, 0.25) is 0 Å². The quantitative estimate of drug-likeness (QED) is 0.913. The first-order valence-electron chi connectivity index (χ1n) is 6.65. The Hall–Kier alpha value is -1.47. The monoisotopic (exact) mass is 274 g/mol. The van der Waals surface area contributed by atoms with Crippen molar-refractivity contribution in [3.8, 4) is 6.07 Å². The lowest BCUT2D eigenvalue weighted by Gasteiger charge is -2.16. The molecule has 0 aliphatic heterocycles. The van der Waals surface area contributed by atoms with E-state index in [1.807, 2.05) is 13.0 Å². The number of hydrogen-bond donors (Lipinski definition) is 1. The Morgan fingerprint density at radius 3 is 2.89 bits per heavy atom. The molecule has 3 nitrogen and oxygen atoms in total. The summed E-state index contributed by atoms with van der Waals surface area (Å²) in [5.74, 6) is 0.0204. The average molecular weight is 274 g/mol. The van der Waals surface area contributed by atoms with E-state index in [1.165, 1.54) is 25.7 Å². The first kappa shape index (κ1) is 14.0. The van der Waals surface area contributed by atoms with Gasteiger partial charge in [-0.15, -0.1) is 11.8 Å². The molecule has 0 saturated heterocycles. The second-order valence-electron chi connectivity index (χ2n) is 4.87. The lowest BCUT2D eigenvalue weighted by molar-refractivity contribution is -0.115. The van der Waals surface area contributed by atoms with Crippen LogP contribution in [0, 0.1) is 11.3 Å². The lowest BCUT2D eigenvalue weighted by atomic mass is 10.2. The lowest BCUT2D eigenvalue weighted by Crippen LogP contribution is -2.24. The van der Waals surface area contributed by atoms with Crippen LogP contribution in [-0.4, -0.2) is 16.4 Å². The molecule has 19 heavy (non-hydrogen) atoms. The highest BCUT2D eigenvalue weighted by Crippen LogP contribution is 2.32. The molecule has 4 heteroatoms. The molecule has 1 atom stereocenters. The maximum absolute atomic E-state index is 12.1. The van der Waals surface area contributed by atoms with E-state index >= 15 is 0 Å². The standard InChI is InChI=1S/C15H18N2OS/c1-11(19-14-7-2-3-8-14)15(18)17-13-6-4-5-12(9-13)10-16/h4-6,9,11,14H,2-3,7-8H2,1H3,(H,17,18). The van der Waals surface area contributed by atoms with Gasteiger partial charge in [0.05, 0.1) is 16.9 Å². The predicted molar refractivity (Wildman–Crippen MR) is 79.1 cm³/mol. The zero-order chi connectivity index (χ0) is 13.7. The number of nitriles is 1. The van der Waals surface area contributed by atoms with Gasteiger partial charge in [0.1, 0.15) is 0 Å². The van der Waals surface area contributed by atoms with E-state index in [1.54, 1.807) is 30.0 Å². The smallest absolute Gasteiger partial charge is 0.237 e. The van der Waals surface area contributed by atoms with E-state index in [9.17, 15) is 4.79 Å². The summed E-state index contributed by atoms with van der Waals surface area (Å²) >= 11 is 1.77. The number of carbonyl (C=O) groups is 1. The summed E-state index contributed by atoms with van der Waals surface area (Å²) in [6.45, 7) is 1.95. The molecule has 1 aromatic carbocycles. The fourth-order valence-corrected chi connectivity index (χ4v) is 3.65. The summed E-state index contributed by atoms with van der Waals surface area (Å²) < 4.78 is 0. The summed E-state index contributed by atoms with van der Waals surface area (Å²) in [6.07, 6.45) is 5.03. The minimum Gasteiger partial charge on any atom is -0.325 e. The Kier molecular flexibility index (Phi) is 4.86. The van der Waals surface area contributed by atoms with Crippen LogP contribution >= 0.6 is 11.8 Å². The van der Waals surface area contributed by atoms with Gasteiger partial charge in [0.15, 0.2) is 0 Å². The maximum Gasteiger partial charge on any atom is 0.237 e. The van der Waals surface area contributed by atoms with Gasteiger partial charge in [-0.05, 0) is 38.0 Å². The largest absolute Gasteiger partial charge is 0.325 e. The van der Waals surface area contributed by atoms with Crippen LogP contribution in [0.15, 0.2) is 24.3 Å². The van der Waals surface area contributed by atoms with Crippen LogP contribution in [-0.2, 0) is 4.79 Å². The molecule has 1 saturated carbocycles. The molecule has 1 aliphatic rings. The molecule has 0 heterocycles. The highest BCUT2D eigenvalue weighted by molar-refractivity contribution is 8.01. The summed E-state index contributed by atoms with van der Waals surface area (Å²) in [5, 5.41) is 12.3. The highest BCUT2D eigenvalue weighted by atomic mass is 32.2. The van der Waals surface area contributed by atoms with Gasteiger partial charge in [-0.2, -0.15) is 5.26 Å². The van der Waals surface area contributed by atoms with Crippen LogP contribution in [0.25, 0.3) is 0 Å². The molecule has 0 bridgehead atoms. The van der Waals surface area contributed by atoms with Crippen LogP contribution in [0.5, 0.6) is 0 Å². The molecule has 1 fully saturated rings. The Labute approximate surface area is 118 Å². The summed E-state index contributed by atoms with van der Waals surface area (Å²) in [7, 11) is 0. The summed E-state index contributed by atoms with van der Waals surface area (Å²) in [5.41, 5.74) is 1.26. The van der Waals surface area contributed by atoms with Gasteiger partial charge in [0.2, 0.25) is 5.91 Å². The van der Waals surface area contributed by atoms with Crippen molar-refractivity contribution >= 4 is 23.4 Å². The fourth-order valence-electron chi connectivity index (χ4n) is 2.29. The number of amides is 1. The zero-order valence-corrected chi connectivity index (χ0v) is 11.9. The normalized spacial score (nSPS) is 16.8. The molecule has 1 amide bonds. The summed E-state index contributed by atoms with van der Waals surface area (Å²) in [4.78, 5) is 12.1. The highest BCUT2D eigenvalue weighted by Gasteiger charge is 2.22. The predicted octanol–water partition coefficient (Wildman–Crippen LogP) is 3.56. The SMILES string of the molecule is CC(SC1CCCC1)C(=O)Nc1cccc(C#N)c1. The Bertz CT molecular complexity index is 489. The van der Waals surface area contributed by atoms with Gasteiger partial charge in [-0.3, -0.25) is 4.79 Å². The van der Waals surface area contributed by atoms with E-state index in [0.717, 1.165) is 0 Å². The van der Waals surface area contributed by atoms with E-state index < -0.39 is 0 Å². The third-order valence-corrected chi connectivity index (χ3v) is 4.81. The second-order valence-corrected chi connectivity index (χ2v) is 6.51. The number of rotatable bonds is 4. The van der Waals surface area contributed by atoms with Crippen molar-refractivity contribution in [2.75, 3.05) is 5.32 Å². The van der Waals surface area contributed by atoms with Crippen molar-refractivity contribution in [2.45, 2.75) is 43.1 Å². The molecular formula is C15H18N2OS. The topological polar surface area (TPSA) is 52.9 Å². The van der Waals surface area contributed by atoms with E-state index in [2.05, 4.69) is 11.4 Å². The number of nitrogens with one attached hydrogen (secondary N) is 1. The van der Waals surface area contributed by atoms with Gasteiger partial charge in [-0.1, -0.05) is 18.9 Å². The number of nitrogens with zero attached hydrogens (tertiary/aromatic N) is 1. The molecular weight excluding hydrogens is 256 g/mol. The first-order valence-corrected chi connectivity index (χ1v) is 7.60. The van der Waals surface area contributed by atoms with E-state index in [-0.39, 0.29) is 11.2 Å². The van der Waals surface area contributed by atoms with Crippen LogP contribution in [0.4, 0.5) is 5.69 Å².